The molecule has 5 heteroatoms. The number of hydrogen-bond donors (Lipinski definition) is 0. The van der Waals surface area contributed by atoms with Gasteiger partial charge in [-0.05, 0) is 6.42 Å². The molecule has 0 aromatic heterocycles. The summed E-state index contributed by atoms with van der Waals surface area (Å²) in [6, 6.07) is 0. The first kappa shape index (κ1) is 17.5. The Bertz CT molecular complexity index is 134. The Morgan fingerprint density at radius 3 is 2.43 bits per heavy atom. The molecule has 0 saturated carbocycles. The third kappa shape index (κ3) is 15.5. The first-order chi connectivity index (χ1) is 6.27. The minimum Gasteiger partial charge on any atom is -0.511 e. The molecule has 0 aliphatic heterocycles. The maximum atomic E-state index is 5.30. The van der Waals surface area contributed by atoms with Gasteiger partial charge in [-0.2, -0.15) is 0 Å². The molecule has 0 aromatic carbocycles. The van der Waals surface area contributed by atoms with Gasteiger partial charge >= 0.3 is 29.6 Å². The van der Waals surface area contributed by atoms with Gasteiger partial charge in [0.05, 0.1) is 6.61 Å². The molecule has 0 atom stereocenters. The number of hydrogen-bond acceptors (Lipinski definition) is 4. The number of ether oxygens (including phenoxy) is 2. The molecular weight excluding hydrogens is 227 g/mol. The predicted molar refractivity (Wildman–Crippen MR) is 60.9 cm³/mol. The van der Waals surface area contributed by atoms with Gasteiger partial charge in [0.25, 0.3) is 0 Å². The van der Waals surface area contributed by atoms with Crippen molar-refractivity contribution >= 4 is 29.2 Å². The Hall–Kier alpha value is 1.07. The minimum atomic E-state index is 0. The van der Waals surface area contributed by atoms with Crippen LogP contribution in [-0.4, -0.2) is 24.2 Å². The van der Waals surface area contributed by atoms with Crippen molar-refractivity contribution in [3.8, 4) is 0 Å². The normalized spacial score (nSPS) is 9.21. The van der Waals surface area contributed by atoms with Crippen molar-refractivity contribution in [3.63, 3.8) is 0 Å². The fourth-order valence-electron chi connectivity index (χ4n) is 0.917. The van der Waals surface area contributed by atoms with Gasteiger partial charge in [0.2, 0.25) is 0 Å². The Morgan fingerprint density at radius 2 is 1.86 bits per heavy atom. The zero-order valence-corrected chi connectivity index (χ0v) is 12.7. The van der Waals surface area contributed by atoms with Crippen molar-refractivity contribution in [2.75, 3.05) is 19.8 Å². The zero-order chi connectivity index (χ0) is 9.94. The number of unbranched alkanes of at least 4 members (excludes halogenated alkanes) is 3. The molecule has 2 nitrogen and oxygen atoms in total. The minimum absolute atomic E-state index is 0. The molecular formula is C9H17NaO2S2. The number of thiocarbonyl (C=S) groups is 1. The second-order valence-corrected chi connectivity index (χ2v) is 3.77. The largest absolute Gasteiger partial charge is 1.00 e. The summed E-state index contributed by atoms with van der Waals surface area (Å²) in [6.45, 7) is 4.08. The van der Waals surface area contributed by atoms with Crippen LogP contribution in [0.4, 0.5) is 0 Å². The summed E-state index contributed by atoms with van der Waals surface area (Å²) in [6.07, 6.45) is 4.92. The second-order valence-electron chi connectivity index (χ2n) is 2.77. The Labute approximate surface area is 120 Å². The first-order valence-electron chi connectivity index (χ1n) is 4.69. The van der Waals surface area contributed by atoms with Crippen molar-refractivity contribution in [1.82, 2.24) is 0 Å². The SMILES string of the molecule is CCCCCCOCCOC(=S)[S-].[Na+]. The van der Waals surface area contributed by atoms with Crippen LogP contribution in [-0.2, 0) is 22.1 Å². The van der Waals surface area contributed by atoms with Gasteiger partial charge in [0.15, 0.2) is 0 Å². The van der Waals surface area contributed by atoms with Crippen LogP contribution in [0.25, 0.3) is 0 Å². The van der Waals surface area contributed by atoms with Crippen molar-refractivity contribution in [3.05, 3.63) is 0 Å². The maximum Gasteiger partial charge on any atom is 1.00 e. The quantitative estimate of drug-likeness (QED) is 0.246. The van der Waals surface area contributed by atoms with Crippen LogP contribution in [0.15, 0.2) is 0 Å². The van der Waals surface area contributed by atoms with Gasteiger partial charge in [-0.15, -0.1) is 0 Å². The number of rotatable bonds is 8. The fourth-order valence-corrected chi connectivity index (χ4v) is 1.08. The van der Waals surface area contributed by atoms with E-state index >= 15 is 0 Å². The van der Waals surface area contributed by atoms with Crippen molar-refractivity contribution in [1.29, 1.82) is 0 Å². The van der Waals surface area contributed by atoms with Crippen molar-refractivity contribution in [2.24, 2.45) is 0 Å². The van der Waals surface area contributed by atoms with E-state index in [4.69, 9.17) is 9.47 Å². The molecule has 0 rings (SSSR count). The molecule has 0 aliphatic carbocycles. The van der Waals surface area contributed by atoms with E-state index in [1.54, 1.807) is 0 Å². The van der Waals surface area contributed by atoms with E-state index in [2.05, 4.69) is 31.8 Å². The summed E-state index contributed by atoms with van der Waals surface area (Å²) in [5, 5.41) is 0. The standard InChI is InChI=1S/C9H18O2S2.Na/c1-2-3-4-5-6-10-7-8-11-9(12)13;/h2-8H2,1H3,(H,12,13);/q;+1/p-1. The third-order valence-electron chi connectivity index (χ3n) is 1.59. The average molecular weight is 244 g/mol. The Balaban J connectivity index is 0. The predicted octanol–water partition coefficient (Wildman–Crippen LogP) is -0.564. The van der Waals surface area contributed by atoms with E-state index in [-0.39, 0.29) is 33.9 Å². The van der Waals surface area contributed by atoms with Gasteiger partial charge in [0.1, 0.15) is 6.61 Å². The van der Waals surface area contributed by atoms with Crippen molar-refractivity contribution in [2.45, 2.75) is 32.6 Å². The molecule has 14 heavy (non-hydrogen) atoms. The summed E-state index contributed by atoms with van der Waals surface area (Å²) < 4.78 is 10.4. The van der Waals surface area contributed by atoms with Crippen LogP contribution in [0.2, 0.25) is 0 Å². The van der Waals surface area contributed by atoms with Gasteiger partial charge < -0.3 is 34.3 Å². The summed E-state index contributed by atoms with van der Waals surface area (Å²) >= 11 is 9.14. The van der Waals surface area contributed by atoms with Gasteiger partial charge in [-0.3, -0.25) is 0 Å². The third-order valence-corrected chi connectivity index (χ3v) is 1.83. The molecule has 0 bridgehead atoms. The summed E-state index contributed by atoms with van der Waals surface area (Å²) in [4.78, 5) is 0. The average Bonchev–Trinajstić information content (AvgIpc) is 2.09. The molecule has 78 valence electrons. The van der Waals surface area contributed by atoms with Crippen LogP contribution in [0.5, 0.6) is 0 Å². The summed E-state index contributed by atoms with van der Waals surface area (Å²) in [7, 11) is 0. The molecule has 0 spiro atoms. The van der Waals surface area contributed by atoms with E-state index < -0.39 is 0 Å². The van der Waals surface area contributed by atoms with Crippen LogP contribution < -0.4 is 29.6 Å². The Morgan fingerprint density at radius 1 is 1.14 bits per heavy atom. The van der Waals surface area contributed by atoms with Crippen LogP contribution in [0, 0.1) is 0 Å². The van der Waals surface area contributed by atoms with Crippen LogP contribution >= 0.6 is 12.2 Å². The maximum absolute atomic E-state index is 5.30. The Kier molecular flexibility index (Phi) is 17.6. The monoisotopic (exact) mass is 244 g/mol. The molecule has 0 radical (unpaired) electrons. The van der Waals surface area contributed by atoms with E-state index in [0.29, 0.717) is 13.2 Å². The van der Waals surface area contributed by atoms with E-state index in [1.165, 1.54) is 19.3 Å². The van der Waals surface area contributed by atoms with Gasteiger partial charge in [-0.25, -0.2) is 0 Å². The zero-order valence-electron chi connectivity index (χ0n) is 9.08. The van der Waals surface area contributed by atoms with Gasteiger partial charge in [-0.1, -0.05) is 26.2 Å². The van der Waals surface area contributed by atoms with E-state index in [0.717, 1.165) is 13.0 Å². The molecule has 0 aromatic rings. The molecule has 0 unspecified atom stereocenters. The smallest absolute Gasteiger partial charge is 0.511 e. The second kappa shape index (κ2) is 14.1. The van der Waals surface area contributed by atoms with E-state index in [9.17, 15) is 0 Å². The summed E-state index contributed by atoms with van der Waals surface area (Å²) in [5.41, 5.74) is 0. The topological polar surface area (TPSA) is 18.5 Å². The molecule has 0 saturated heterocycles. The van der Waals surface area contributed by atoms with Gasteiger partial charge in [0, 0.05) is 11.0 Å². The van der Waals surface area contributed by atoms with Crippen LogP contribution in [0.1, 0.15) is 32.6 Å². The molecule has 0 heterocycles. The van der Waals surface area contributed by atoms with E-state index in [1.807, 2.05) is 0 Å². The molecule has 0 aliphatic rings. The summed E-state index contributed by atoms with van der Waals surface area (Å²) in [5.74, 6) is 0. The fraction of sp³-hybridized carbons (Fsp3) is 0.889. The molecule has 0 N–H and O–H groups in total. The first-order valence-corrected chi connectivity index (χ1v) is 5.50. The van der Waals surface area contributed by atoms with Crippen LogP contribution in [0.3, 0.4) is 0 Å². The van der Waals surface area contributed by atoms with Crippen molar-refractivity contribution < 1.29 is 39.0 Å². The molecule has 0 fully saturated rings. The molecule has 0 amide bonds.